The second-order valence-corrected chi connectivity index (χ2v) is 2.96. The van der Waals surface area contributed by atoms with E-state index in [1.807, 2.05) is 13.0 Å². The number of hydrogen-bond donors (Lipinski definition) is 1. The molecule has 1 rings (SSSR count). The molecule has 64 valence electrons. The summed E-state index contributed by atoms with van der Waals surface area (Å²) in [7, 11) is 0. The third kappa shape index (κ3) is 1.33. The van der Waals surface area contributed by atoms with Crippen molar-refractivity contribution in [2.45, 2.75) is 20.8 Å². The summed E-state index contributed by atoms with van der Waals surface area (Å²) in [6, 6.07) is 3.49. The molecule has 0 radical (unpaired) electrons. The topological polar surface area (TPSA) is 37.3 Å². The first-order valence-electron chi connectivity index (χ1n) is 3.84. The highest BCUT2D eigenvalue weighted by Crippen LogP contribution is 2.24. The first-order chi connectivity index (χ1) is 5.54. The van der Waals surface area contributed by atoms with Crippen molar-refractivity contribution in [2.24, 2.45) is 0 Å². The Labute approximate surface area is 71.8 Å². The standard InChI is InChI=1S/C10H12O2/c1-6-4-5-9(8(3)11)10(12)7(6)2/h4-5,12H,1-3H3. The van der Waals surface area contributed by atoms with E-state index in [0.717, 1.165) is 11.1 Å². The molecule has 1 aromatic carbocycles. The van der Waals surface area contributed by atoms with Gasteiger partial charge >= 0.3 is 0 Å². The Kier molecular flexibility index (Phi) is 2.18. The van der Waals surface area contributed by atoms with Crippen molar-refractivity contribution in [1.82, 2.24) is 0 Å². The van der Waals surface area contributed by atoms with Gasteiger partial charge in [-0.25, -0.2) is 0 Å². The van der Waals surface area contributed by atoms with Crippen molar-refractivity contribution in [1.29, 1.82) is 0 Å². The predicted molar refractivity (Wildman–Crippen MR) is 47.6 cm³/mol. The number of aryl methyl sites for hydroxylation is 1. The molecule has 0 heterocycles. The number of benzene rings is 1. The molecule has 0 spiro atoms. The smallest absolute Gasteiger partial charge is 0.163 e. The van der Waals surface area contributed by atoms with Crippen LogP contribution in [0.2, 0.25) is 0 Å². The number of aromatic hydroxyl groups is 1. The van der Waals surface area contributed by atoms with E-state index < -0.39 is 0 Å². The maximum Gasteiger partial charge on any atom is 0.163 e. The van der Waals surface area contributed by atoms with E-state index in [2.05, 4.69) is 0 Å². The highest BCUT2D eigenvalue weighted by Gasteiger charge is 2.09. The van der Waals surface area contributed by atoms with Crippen LogP contribution in [0.1, 0.15) is 28.4 Å². The van der Waals surface area contributed by atoms with Crippen LogP contribution >= 0.6 is 0 Å². The minimum absolute atomic E-state index is 0.101. The Balaban J connectivity index is 3.36. The van der Waals surface area contributed by atoms with Crippen LogP contribution in [0.3, 0.4) is 0 Å². The van der Waals surface area contributed by atoms with Crippen molar-refractivity contribution in [3.63, 3.8) is 0 Å². The van der Waals surface area contributed by atoms with E-state index in [1.165, 1.54) is 6.92 Å². The van der Waals surface area contributed by atoms with Crippen LogP contribution in [-0.2, 0) is 0 Å². The number of carbonyl (C=O) groups excluding carboxylic acids is 1. The van der Waals surface area contributed by atoms with E-state index in [1.54, 1.807) is 13.0 Å². The van der Waals surface area contributed by atoms with Gasteiger partial charge < -0.3 is 5.11 Å². The van der Waals surface area contributed by atoms with Gasteiger partial charge in [-0.15, -0.1) is 0 Å². The van der Waals surface area contributed by atoms with Crippen LogP contribution in [0.25, 0.3) is 0 Å². The van der Waals surface area contributed by atoms with E-state index >= 15 is 0 Å². The predicted octanol–water partition coefficient (Wildman–Crippen LogP) is 2.21. The van der Waals surface area contributed by atoms with Crippen LogP contribution in [0, 0.1) is 13.8 Å². The van der Waals surface area contributed by atoms with Crippen molar-refractivity contribution in [2.75, 3.05) is 0 Å². The van der Waals surface area contributed by atoms with Gasteiger partial charge in [-0.3, -0.25) is 4.79 Å². The van der Waals surface area contributed by atoms with E-state index in [-0.39, 0.29) is 11.5 Å². The van der Waals surface area contributed by atoms with Gasteiger partial charge in [0.15, 0.2) is 5.78 Å². The molecule has 0 aliphatic rings. The lowest BCUT2D eigenvalue weighted by Crippen LogP contribution is -1.95. The zero-order valence-corrected chi connectivity index (χ0v) is 7.51. The second-order valence-electron chi connectivity index (χ2n) is 2.96. The Hall–Kier alpha value is -1.31. The highest BCUT2D eigenvalue weighted by atomic mass is 16.3. The normalized spacial score (nSPS) is 9.92. The molecular formula is C10H12O2. The van der Waals surface area contributed by atoms with Crippen molar-refractivity contribution in [3.8, 4) is 5.75 Å². The summed E-state index contributed by atoms with van der Waals surface area (Å²) in [6.45, 7) is 5.15. The number of rotatable bonds is 1. The summed E-state index contributed by atoms with van der Waals surface area (Å²) in [5.74, 6) is 0.0121. The molecule has 0 amide bonds. The molecule has 0 aromatic heterocycles. The maximum atomic E-state index is 11.0. The average Bonchev–Trinajstić information content (AvgIpc) is 2.00. The molecule has 2 heteroatoms. The maximum absolute atomic E-state index is 11.0. The summed E-state index contributed by atoms with van der Waals surface area (Å²) in [4.78, 5) is 11.0. The van der Waals surface area contributed by atoms with Gasteiger partial charge in [-0.1, -0.05) is 6.07 Å². The summed E-state index contributed by atoms with van der Waals surface area (Å²) in [6.07, 6.45) is 0. The minimum Gasteiger partial charge on any atom is -0.507 e. The molecule has 0 aliphatic carbocycles. The molecule has 0 unspecified atom stereocenters. The summed E-state index contributed by atoms with van der Waals surface area (Å²) in [5, 5.41) is 9.53. The van der Waals surface area contributed by atoms with E-state index in [9.17, 15) is 9.90 Å². The number of hydrogen-bond acceptors (Lipinski definition) is 2. The minimum atomic E-state index is -0.101. The van der Waals surface area contributed by atoms with Gasteiger partial charge in [0.05, 0.1) is 5.56 Å². The molecule has 0 fully saturated rings. The lowest BCUT2D eigenvalue weighted by molar-refractivity contribution is 0.101. The van der Waals surface area contributed by atoms with Crippen LogP contribution in [-0.4, -0.2) is 10.9 Å². The van der Waals surface area contributed by atoms with Crippen LogP contribution in [0.4, 0.5) is 0 Å². The lowest BCUT2D eigenvalue weighted by Gasteiger charge is -2.06. The first kappa shape index (κ1) is 8.78. The monoisotopic (exact) mass is 164 g/mol. The number of phenols is 1. The first-order valence-corrected chi connectivity index (χ1v) is 3.84. The molecule has 0 bridgehead atoms. The Bertz CT molecular complexity index is 327. The van der Waals surface area contributed by atoms with Gasteiger partial charge in [0, 0.05) is 0 Å². The molecule has 0 atom stereocenters. The number of phenolic OH excluding ortho intramolecular Hbond substituents is 1. The number of ketones is 1. The molecular weight excluding hydrogens is 152 g/mol. The largest absolute Gasteiger partial charge is 0.507 e. The molecule has 1 aromatic rings. The van der Waals surface area contributed by atoms with Crippen molar-refractivity contribution in [3.05, 3.63) is 28.8 Å². The molecule has 0 aliphatic heterocycles. The Morgan fingerprint density at radius 3 is 2.42 bits per heavy atom. The molecule has 0 saturated heterocycles. The highest BCUT2D eigenvalue weighted by molar-refractivity contribution is 5.97. The molecule has 12 heavy (non-hydrogen) atoms. The molecule has 2 nitrogen and oxygen atoms in total. The van der Waals surface area contributed by atoms with Crippen LogP contribution in [0.15, 0.2) is 12.1 Å². The number of carbonyl (C=O) groups is 1. The summed E-state index contributed by atoms with van der Waals surface area (Å²) < 4.78 is 0. The fourth-order valence-electron chi connectivity index (χ4n) is 1.09. The van der Waals surface area contributed by atoms with E-state index in [4.69, 9.17) is 0 Å². The fourth-order valence-corrected chi connectivity index (χ4v) is 1.09. The second kappa shape index (κ2) is 2.97. The third-order valence-electron chi connectivity index (χ3n) is 2.08. The van der Waals surface area contributed by atoms with Gasteiger partial charge in [0.1, 0.15) is 5.75 Å². The zero-order valence-electron chi connectivity index (χ0n) is 7.51. The van der Waals surface area contributed by atoms with Crippen LogP contribution in [0.5, 0.6) is 5.75 Å². The van der Waals surface area contributed by atoms with Crippen molar-refractivity contribution < 1.29 is 9.90 Å². The number of Topliss-reactive ketones (excluding diaryl/α,β-unsaturated/α-hetero) is 1. The fraction of sp³-hybridized carbons (Fsp3) is 0.300. The summed E-state index contributed by atoms with van der Waals surface area (Å²) >= 11 is 0. The van der Waals surface area contributed by atoms with Crippen molar-refractivity contribution >= 4 is 5.78 Å². The van der Waals surface area contributed by atoms with Crippen LogP contribution < -0.4 is 0 Å². The van der Waals surface area contributed by atoms with Gasteiger partial charge in [0.25, 0.3) is 0 Å². The quantitative estimate of drug-likeness (QED) is 0.646. The van der Waals surface area contributed by atoms with Gasteiger partial charge in [-0.2, -0.15) is 0 Å². The SMILES string of the molecule is CC(=O)c1ccc(C)c(C)c1O. The average molecular weight is 164 g/mol. The van der Waals surface area contributed by atoms with Gasteiger partial charge in [-0.05, 0) is 38.0 Å². The van der Waals surface area contributed by atoms with Gasteiger partial charge in [0.2, 0.25) is 0 Å². The zero-order chi connectivity index (χ0) is 9.30. The Morgan fingerprint density at radius 2 is 1.92 bits per heavy atom. The Morgan fingerprint density at radius 1 is 1.33 bits per heavy atom. The third-order valence-corrected chi connectivity index (χ3v) is 2.08. The van der Waals surface area contributed by atoms with E-state index in [0.29, 0.717) is 5.56 Å². The molecule has 1 N–H and O–H groups in total. The lowest BCUT2D eigenvalue weighted by atomic mass is 10.0. The molecule has 0 saturated carbocycles. The summed E-state index contributed by atoms with van der Waals surface area (Å²) in [5.41, 5.74) is 2.18.